The minimum absolute atomic E-state index is 0.262. The number of aliphatic hydroxyl groups is 1. The summed E-state index contributed by atoms with van der Waals surface area (Å²) in [6, 6.07) is 1.60. The number of hydrogen-bond donors (Lipinski definition) is 3. The number of nitrogens with two attached hydrogens (primary N) is 1. The van der Waals surface area contributed by atoms with Gasteiger partial charge in [0, 0.05) is 26.8 Å². The van der Waals surface area contributed by atoms with Gasteiger partial charge in [0.05, 0.1) is 12.7 Å². The maximum atomic E-state index is 9.47. The molecule has 0 amide bonds. The monoisotopic (exact) mass is 242 g/mol. The third-order valence-electron chi connectivity index (χ3n) is 1.94. The highest BCUT2D eigenvalue weighted by molar-refractivity contribution is 5.44. The summed E-state index contributed by atoms with van der Waals surface area (Å²) in [5.74, 6) is 1.41. The normalized spacial score (nSPS) is 12.4. The Balaban J connectivity index is 2.57. The number of aromatic nitrogens is 2. The minimum atomic E-state index is -0.595. The Hall–Kier alpha value is -1.44. The van der Waals surface area contributed by atoms with E-state index in [1.54, 1.807) is 13.2 Å². The van der Waals surface area contributed by atoms with Crippen molar-refractivity contribution in [3.63, 3.8) is 0 Å². The summed E-state index contributed by atoms with van der Waals surface area (Å²) < 4.78 is 9.73. The number of anilines is 2. The Morgan fingerprint density at radius 2 is 2.18 bits per heavy atom. The molecule has 0 fully saturated rings. The van der Waals surface area contributed by atoms with Gasteiger partial charge in [-0.05, 0) is 0 Å². The molecule has 4 N–H and O–H groups in total. The molecule has 7 heteroatoms. The first-order valence-corrected chi connectivity index (χ1v) is 5.19. The van der Waals surface area contributed by atoms with E-state index in [4.69, 9.17) is 15.2 Å². The van der Waals surface area contributed by atoms with Crippen LogP contribution in [0.1, 0.15) is 5.82 Å². The zero-order valence-electron chi connectivity index (χ0n) is 10.0. The highest BCUT2D eigenvalue weighted by Crippen LogP contribution is 2.08. The van der Waals surface area contributed by atoms with Crippen molar-refractivity contribution < 1.29 is 14.6 Å². The lowest BCUT2D eigenvalue weighted by Gasteiger charge is -2.12. The molecular weight excluding hydrogens is 224 g/mol. The van der Waals surface area contributed by atoms with Crippen LogP contribution in [0.2, 0.25) is 0 Å². The van der Waals surface area contributed by atoms with Crippen LogP contribution in [0.5, 0.6) is 0 Å². The average molecular weight is 242 g/mol. The van der Waals surface area contributed by atoms with Gasteiger partial charge in [-0.15, -0.1) is 0 Å². The largest absolute Gasteiger partial charge is 0.389 e. The van der Waals surface area contributed by atoms with Crippen LogP contribution >= 0.6 is 0 Å². The van der Waals surface area contributed by atoms with Gasteiger partial charge < -0.3 is 25.6 Å². The molecular formula is C10H18N4O3. The molecule has 1 unspecified atom stereocenters. The molecule has 0 saturated carbocycles. The van der Waals surface area contributed by atoms with E-state index in [1.165, 1.54) is 7.11 Å². The second-order valence-corrected chi connectivity index (χ2v) is 3.52. The molecule has 17 heavy (non-hydrogen) atoms. The molecule has 0 aliphatic heterocycles. The molecule has 0 aromatic carbocycles. The first kappa shape index (κ1) is 13.6. The summed E-state index contributed by atoms with van der Waals surface area (Å²) in [7, 11) is 3.09. The van der Waals surface area contributed by atoms with Gasteiger partial charge in [-0.2, -0.15) is 0 Å². The van der Waals surface area contributed by atoms with Gasteiger partial charge in [0.2, 0.25) is 0 Å². The van der Waals surface area contributed by atoms with Crippen LogP contribution in [0.15, 0.2) is 6.07 Å². The fourth-order valence-corrected chi connectivity index (χ4v) is 1.28. The van der Waals surface area contributed by atoms with Crippen molar-refractivity contribution in [3.8, 4) is 0 Å². The summed E-state index contributed by atoms with van der Waals surface area (Å²) in [6.45, 7) is 0.884. The van der Waals surface area contributed by atoms with E-state index in [-0.39, 0.29) is 6.61 Å². The Labute approximate surface area is 100.0 Å². The molecule has 0 saturated heterocycles. The number of nitrogens with zero attached hydrogens (tertiary/aromatic N) is 2. The van der Waals surface area contributed by atoms with Crippen LogP contribution in [0.25, 0.3) is 0 Å². The Morgan fingerprint density at radius 1 is 1.41 bits per heavy atom. The zero-order chi connectivity index (χ0) is 12.7. The van der Waals surface area contributed by atoms with E-state index in [9.17, 15) is 5.11 Å². The van der Waals surface area contributed by atoms with Crippen molar-refractivity contribution in [2.45, 2.75) is 12.7 Å². The van der Waals surface area contributed by atoms with E-state index >= 15 is 0 Å². The Morgan fingerprint density at radius 3 is 2.82 bits per heavy atom. The van der Waals surface area contributed by atoms with E-state index < -0.39 is 6.10 Å². The fourth-order valence-electron chi connectivity index (χ4n) is 1.28. The van der Waals surface area contributed by atoms with Crippen molar-refractivity contribution in [2.24, 2.45) is 0 Å². The van der Waals surface area contributed by atoms with E-state index in [0.29, 0.717) is 30.6 Å². The van der Waals surface area contributed by atoms with Crippen LogP contribution < -0.4 is 11.1 Å². The van der Waals surface area contributed by atoms with Crippen LogP contribution in [-0.2, 0) is 16.1 Å². The molecule has 0 radical (unpaired) electrons. The average Bonchev–Trinajstić information content (AvgIpc) is 2.26. The number of methoxy groups -OCH3 is 2. The number of nitrogen functional groups attached to an aromatic ring is 1. The molecule has 1 atom stereocenters. The second kappa shape index (κ2) is 7.00. The molecule has 1 rings (SSSR count). The highest BCUT2D eigenvalue weighted by atomic mass is 16.5. The summed E-state index contributed by atoms with van der Waals surface area (Å²) >= 11 is 0. The molecule has 0 aliphatic carbocycles. The molecule has 7 nitrogen and oxygen atoms in total. The molecule has 1 aromatic heterocycles. The highest BCUT2D eigenvalue weighted by Gasteiger charge is 2.06. The van der Waals surface area contributed by atoms with Gasteiger partial charge in [-0.1, -0.05) is 0 Å². The lowest BCUT2D eigenvalue weighted by molar-refractivity contribution is 0.0727. The predicted octanol–water partition coefficient (Wildman–Crippen LogP) is -0.376. The van der Waals surface area contributed by atoms with Crippen LogP contribution in [0.4, 0.5) is 11.6 Å². The van der Waals surface area contributed by atoms with Crippen LogP contribution in [-0.4, -0.2) is 48.5 Å². The molecule has 1 heterocycles. The topological polar surface area (TPSA) is 103 Å². The quantitative estimate of drug-likeness (QED) is 0.599. The summed E-state index contributed by atoms with van der Waals surface area (Å²) in [6.07, 6.45) is -0.595. The van der Waals surface area contributed by atoms with Crippen LogP contribution in [0, 0.1) is 0 Å². The third-order valence-corrected chi connectivity index (χ3v) is 1.94. The summed E-state index contributed by atoms with van der Waals surface area (Å²) in [5.41, 5.74) is 5.62. The number of aliphatic hydroxyl groups excluding tert-OH is 1. The predicted molar refractivity (Wildman–Crippen MR) is 63.5 cm³/mol. The van der Waals surface area contributed by atoms with Crippen molar-refractivity contribution in [1.82, 2.24) is 9.97 Å². The van der Waals surface area contributed by atoms with Gasteiger partial charge in [-0.25, -0.2) is 9.97 Å². The van der Waals surface area contributed by atoms with E-state index in [0.717, 1.165) is 0 Å². The summed E-state index contributed by atoms with van der Waals surface area (Å²) in [5, 5.41) is 12.4. The van der Waals surface area contributed by atoms with Gasteiger partial charge in [0.1, 0.15) is 18.2 Å². The van der Waals surface area contributed by atoms with Gasteiger partial charge >= 0.3 is 0 Å². The number of rotatable bonds is 7. The van der Waals surface area contributed by atoms with E-state index in [2.05, 4.69) is 15.3 Å². The lowest BCUT2D eigenvalue weighted by Crippen LogP contribution is -2.24. The van der Waals surface area contributed by atoms with Gasteiger partial charge in [0.15, 0.2) is 5.82 Å². The molecule has 0 aliphatic rings. The molecule has 0 bridgehead atoms. The van der Waals surface area contributed by atoms with E-state index in [1.807, 2.05) is 0 Å². The Kier molecular flexibility index (Phi) is 5.61. The summed E-state index contributed by atoms with van der Waals surface area (Å²) in [4.78, 5) is 8.18. The van der Waals surface area contributed by atoms with Crippen molar-refractivity contribution >= 4 is 11.6 Å². The smallest absolute Gasteiger partial charge is 0.158 e. The number of ether oxygens (including phenoxy) is 2. The maximum absolute atomic E-state index is 9.47. The van der Waals surface area contributed by atoms with Crippen LogP contribution in [0.3, 0.4) is 0 Å². The first-order chi connectivity index (χ1) is 8.15. The SMILES string of the molecule is COCc1nc(N)cc(NCC(O)COC)n1. The number of hydrogen-bond acceptors (Lipinski definition) is 7. The Bertz CT molecular complexity index is 348. The minimum Gasteiger partial charge on any atom is -0.389 e. The number of nitrogens with one attached hydrogen (secondary N) is 1. The molecule has 0 spiro atoms. The fraction of sp³-hybridized carbons (Fsp3) is 0.600. The second-order valence-electron chi connectivity index (χ2n) is 3.52. The van der Waals surface area contributed by atoms with Gasteiger partial charge in [0.25, 0.3) is 0 Å². The van der Waals surface area contributed by atoms with Crippen molar-refractivity contribution in [1.29, 1.82) is 0 Å². The molecule has 1 aromatic rings. The lowest BCUT2D eigenvalue weighted by atomic mass is 10.3. The third kappa shape index (κ3) is 4.94. The first-order valence-electron chi connectivity index (χ1n) is 5.19. The zero-order valence-corrected chi connectivity index (χ0v) is 10.0. The maximum Gasteiger partial charge on any atom is 0.158 e. The molecule has 96 valence electrons. The van der Waals surface area contributed by atoms with Crippen molar-refractivity contribution in [3.05, 3.63) is 11.9 Å². The van der Waals surface area contributed by atoms with Gasteiger partial charge in [-0.3, -0.25) is 0 Å². The van der Waals surface area contributed by atoms with Crippen molar-refractivity contribution in [2.75, 3.05) is 38.4 Å². The standard InChI is InChI=1S/C10H18N4O3/c1-16-5-7(15)4-12-9-3-8(11)13-10(14-9)6-17-2/h3,7,15H,4-6H2,1-2H3,(H3,11,12,13,14).